The summed E-state index contributed by atoms with van der Waals surface area (Å²) in [5, 5.41) is 14.8. The highest BCUT2D eigenvalue weighted by Crippen LogP contribution is 2.10. The van der Waals surface area contributed by atoms with Crippen molar-refractivity contribution in [3.63, 3.8) is 0 Å². The van der Waals surface area contributed by atoms with Gasteiger partial charge in [-0.2, -0.15) is 0 Å². The van der Waals surface area contributed by atoms with Crippen molar-refractivity contribution in [2.24, 2.45) is 0 Å². The number of hydrogen-bond acceptors (Lipinski definition) is 2. The highest BCUT2D eigenvalue weighted by atomic mass is 16.3. The number of nitrogens with one attached hydrogen (secondary N) is 2. The second-order valence-electron chi connectivity index (χ2n) is 4.17. The molecule has 0 aliphatic rings. The molecule has 2 amide bonds. The lowest BCUT2D eigenvalue weighted by atomic mass is 10.1. The van der Waals surface area contributed by atoms with Gasteiger partial charge in [0.25, 0.3) is 0 Å². The zero-order valence-corrected chi connectivity index (χ0v) is 10.5. The molecular formula is C15H16N2O2. The van der Waals surface area contributed by atoms with Crippen LogP contribution in [0.1, 0.15) is 5.56 Å². The predicted molar refractivity (Wildman–Crippen MR) is 75.3 cm³/mol. The number of carbonyl (C=O) groups excluding carboxylic acids is 1. The van der Waals surface area contributed by atoms with Gasteiger partial charge < -0.3 is 15.7 Å². The van der Waals surface area contributed by atoms with Crippen molar-refractivity contribution in [3.05, 3.63) is 60.2 Å². The van der Waals surface area contributed by atoms with E-state index in [-0.39, 0.29) is 11.8 Å². The summed E-state index contributed by atoms with van der Waals surface area (Å²) in [6.07, 6.45) is 0.677. The van der Waals surface area contributed by atoms with Crippen LogP contribution in [0.4, 0.5) is 10.5 Å². The van der Waals surface area contributed by atoms with Crippen LogP contribution < -0.4 is 10.6 Å². The molecule has 4 nitrogen and oxygen atoms in total. The van der Waals surface area contributed by atoms with Gasteiger partial charge in [-0.1, -0.05) is 30.3 Å². The minimum absolute atomic E-state index is 0.230. The second kappa shape index (κ2) is 6.44. The molecule has 4 heteroatoms. The standard InChI is InChI=1S/C15H16N2O2/c18-14-8-4-5-12(11-14)9-10-16-15(19)17-13-6-2-1-3-7-13/h1-8,11,18H,9-10H2,(H2,16,17,19). The Morgan fingerprint density at radius 3 is 2.58 bits per heavy atom. The van der Waals surface area contributed by atoms with E-state index in [1.165, 1.54) is 0 Å². The molecule has 3 N–H and O–H groups in total. The Morgan fingerprint density at radius 2 is 1.84 bits per heavy atom. The summed E-state index contributed by atoms with van der Waals surface area (Å²) >= 11 is 0. The Kier molecular flexibility index (Phi) is 4.39. The van der Waals surface area contributed by atoms with Crippen LogP contribution in [0.5, 0.6) is 5.75 Å². The summed E-state index contributed by atoms with van der Waals surface area (Å²) in [5.74, 6) is 0.242. The highest BCUT2D eigenvalue weighted by molar-refractivity contribution is 5.89. The summed E-state index contributed by atoms with van der Waals surface area (Å²) in [6.45, 7) is 0.516. The maximum absolute atomic E-state index is 11.6. The highest BCUT2D eigenvalue weighted by Gasteiger charge is 2.00. The molecular weight excluding hydrogens is 240 g/mol. The molecule has 0 atom stereocenters. The minimum atomic E-state index is -0.230. The molecule has 0 spiro atoms. The van der Waals surface area contributed by atoms with E-state index in [0.717, 1.165) is 11.3 Å². The van der Waals surface area contributed by atoms with Crippen LogP contribution in [-0.2, 0) is 6.42 Å². The number of amides is 2. The molecule has 98 valence electrons. The van der Waals surface area contributed by atoms with Crippen LogP contribution in [0.3, 0.4) is 0 Å². The largest absolute Gasteiger partial charge is 0.508 e. The SMILES string of the molecule is O=C(NCCc1cccc(O)c1)Nc1ccccc1. The monoisotopic (exact) mass is 256 g/mol. The number of anilines is 1. The first-order valence-electron chi connectivity index (χ1n) is 6.12. The summed E-state index contributed by atoms with van der Waals surface area (Å²) < 4.78 is 0. The Morgan fingerprint density at radius 1 is 1.05 bits per heavy atom. The molecule has 0 aromatic heterocycles. The van der Waals surface area contributed by atoms with Crippen molar-refractivity contribution < 1.29 is 9.90 Å². The van der Waals surface area contributed by atoms with E-state index in [9.17, 15) is 9.90 Å². The zero-order valence-electron chi connectivity index (χ0n) is 10.5. The third kappa shape index (κ3) is 4.35. The number of benzene rings is 2. The van der Waals surface area contributed by atoms with Crippen LogP contribution >= 0.6 is 0 Å². The minimum Gasteiger partial charge on any atom is -0.508 e. The number of rotatable bonds is 4. The van der Waals surface area contributed by atoms with E-state index in [0.29, 0.717) is 13.0 Å². The summed E-state index contributed by atoms with van der Waals surface area (Å²) in [7, 11) is 0. The summed E-state index contributed by atoms with van der Waals surface area (Å²) in [4.78, 5) is 11.6. The van der Waals surface area contributed by atoms with Gasteiger partial charge in [0.15, 0.2) is 0 Å². The second-order valence-corrected chi connectivity index (χ2v) is 4.17. The van der Waals surface area contributed by atoms with Gasteiger partial charge in [-0.05, 0) is 36.2 Å². The molecule has 0 radical (unpaired) electrons. The van der Waals surface area contributed by atoms with E-state index in [2.05, 4.69) is 10.6 Å². The predicted octanol–water partition coefficient (Wildman–Crippen LogP) is 2.76. The fourth-order valence-electron chi connectivity index (χ4n) is 1.73. The number of para-hydroxylation sites is 1. The Balaban J connectivity index is 1.75. The van der Waals surface area contributed by atoms with Gasteiger partial charge in [0.2, 0.25) is 0 Å². The van der Waals surface area contributed by atoms with Crippen LogP contribution in [0, 0.1) is 0 Å². The van der Waals surface area contributed by atoms with Crippen LogP contribution in [0.15, 0.2) is 54.6 Å². The van der Waals surface area contributed by atoms with E-state index >= 15 is 0 Å². The number of carbonyl (C=O) groups is 1. The smallest absolute Gasteiger partial charge is 0.319 e. The molecule has 2 aromatic carbocycles. The Labute approximate surface area is 112 Å². The Bertz CT molecular complexity index is 541. The molecule has 0 heterocycles. The average Bonchev–Trinajstić information content (AvgIpc) is 2.40. The van der Waals surface area contributed by atoms with Gasteiger partial charge in [-0.25, -0.2) is 4.79 Å². The van der Waals surface area contributed by atoms with Gasteiger partial charge in [0.1, 0.15) is 5.75 Å². The van der Waals surface area contributed by atoms with Gasteiger partial charge in [-0.15, -0.1) is 0 Å². The number of hydrogen-bond donors (Lipinski definition) is 3. The maximum atomic E-state index is 11.6. The zero-order chi connectivity index (χ0) is 13.5. The fourth-order valence-corrected chi connectivity index (χ4v) is 1.73. The normalized spacial score (nSPS) is 9.89. The van der Waals surface area contributed by atoms with Crippen LogP contribution in [-0.4, -0.2) is 17.7 Å². The van der Waals surface area contributed by atoms with Gasteiger partial charge in [-0.3, -0.25) is 0 Å². The third-order valence-corrected chi connectivity index (χ3v) is 2.64. The van der Waals surface area contributed by atoms with E-state index in [4.69, 9.17) is 0 Å². The van der Waals surface area contributed by atoms with Crippen molar-refractivity contribution in [2.45, 2.75) is 6.42 Å². The van der Waals surface area contributed by atoms with Gasteiger partial charge in [0.05, 0.1) is 0 Å². The number of phenolic OH excluding ortho intramolecular Hbond substituents is 1. The molecule has 0 saturated heterocycles. The number of aromatic hydroxyl groups is 1. The average molecular weight is 256 g/mol. The van der Waals surface area contributed by atoms with Crippen molar-refractivity contribution >= 4 is 11.7 Å². The topological polar surface area (TPSA) is 61.4 Å². The van der Waals surface area contributed by atoms with Crippen molar-refractivity contribution in [3.8, 4) is 5.75 Å². The number of urea groups is 1. The molecule has 2 rings (SSSR count). The summed E-state index contributed by atoms with van der Waals surface area (Å²) in [6, 6.07) is 16.1. The van der Waals surface area contributed by atoms with E-state index in [1.807, 2.05) is 36.4 Å². The molecule has 2 aromatic rings. The molecule has 19 heavy (non-hydrogen) atoms. The quantitative estimate of drug-likeness (QED) is 0.787. The van der Waals surface area contributed by atoms with E-state index < -0.39 is 0 Å². The summed E-state index contributed by atoms with van der Waals surface area (Å²) in [5.41, 5.74) is 1.75. The Hall–Kier alpha value is -2.49. The molecule has 0 aliphatic heterocycles. The van der Waals surface area contributed by atoms with Gasteiger partial charge in [0, 0.05) is 12.2 Å². The molecule has 0 saturated carbocycles. The lowest BCUT2D eigenvalue weighted by molar-refractivity contribution is 0.252. The first-order chi connectivity index (χ1) is 9.24. The fraction of sp³-hybridized carbons (Fsp3) is 0.133. The molecule has 0 aliphatic carbocycles. The van der Waals surface area contributed by atoms with E-state index in [1.54, 1.807) is 18.2 Å². The lowest BCUT2D eigenvalue weighted by Crippen LogP contribution is -2.30. The van der Waals surface area contributed by atoms with Crippen LogP contribution in [0.2, 0.25) is 0 Å². The third-order valence-electron chi connectivity index (χ3n) is 2.64. The first kappa shape index (κ1) is 13.0. The van der Waals surface area contributed by atoms with Crippen molar-refractivity contribution in [1.29, 1.82) is 0 Å². The molecule has 0 fully saturated rings. The molecule has 0 unspecified atom stereocenters. The lowest BCUT2D eigenvalue weighted by Gasteiger charge is -2.07. The van der Waals surface area contributed by atoms with Crippen LogP contribution in [0.25, 0.3) is 0 Å². The van der Waals surface area contributed by atoms with Gasteiger partial charge >= 0.3 is 6.03 Å². The van der Waals surface area contributed by atoms with Crippen molar-refractivity contribution in [2.75, 3.05) is 11.9 Å². The number of phenols is 1. The van der Waals surface area contributed by atoms with Crippen molar-refractivity contribution in [1.82, 2.24) is 5.32 Å². The molecule has 0 bridgehead atoms. The first-order valence-corrected chi connectivity index (χ1v) is 6.12. The maximum Gasteiger partial charge on any atom is 0.319 e.